The lowest BCUT2D eigenvalue weighted by Gasteiger charge is -2.34. The van der Waals surface area contributed by atoms with Gasteiger partial charge < -0.3 is 10.6 Å². The van der Waals surface area contributed by atoms with Crippen molar-refractivity contribution in [3.8, 4) is 0 Å². The van der Waals surface area contributed by atoms with Gasteiger partial charge in [0.25, 0.3) is 0 Å². The fraction of sp³-hybridized carbons (Fsp3) is 0.900. The molecule has 1 unspecified atom stereocenters. The molecule has 0 aromatic rings. The maximum Gasteiger partial charge on any atom is 0.233 e. The average Bonchev–Trinajstić information content (AvgIpc) is 2.26. The molecule has 1 rings (SSSR count). The number of nitrogens with one attached hydrogen (secondary N) is 1. The highest BCUT2D eigenvalue weighted by Crippen LogP contribution is 2.14. The lowest BCUT2D eigenvalue weighted by molar-refractivity contribution is -0.121. The lowest BCUT2D eigenvalue weighted by atomic mass is 10.0. The van der Waals surface area contributed by atoms with Gasteiger partial charge in [-0.1, -0.05) is 0 Å². The first-order valence-corrected chi connectivity index (χ1v) is 5.62. The number of carbonyl (C=O) groups is 1. The number of hydrogen-bond donors (Lipinski definition) is 3. The molecule has 88 valence electrons. The Balaban J connectivity index is 2.22. The molecule has 5 N–H and O–H groups in total. The largest absolute Gasteiger partial charge is 0.328 e. The van der Waals surface area contributed by atoms with Gasteiger partial charge in [-0.25, -0.2) is 5.84 Å². The van der Waals surface area contributed by atoms with E-state index >= 15 is 0 Å². The van der Waals surface area contributed by atoms with Gasteiger partial charge in [0.1, 0.15) is 0 Å². The van der Waals surface area contributed by atoms with Crippen molar-refractivity contribution in [1.29, 1.82) is 0 Å². The predicted molar refractivity (Wildman–Crippen MR) is 59.8 cm³/mol. The van der Waals surface area contributed by atoms with Crippen LogP contribution in [0.1, 0.15) is 32.6 Å². The molecular weight excluding hydrogens is 192 g/mol. The third-order valence-electron chi connectivity index (χ3n) is 3.15. The zero-order valence-corrected chi connectivity index (χ0v) is 9.41. The standard InChI is InChI=1S/C10H22N4O/c1-8(2-3-10(15)13-12)14-6-4-9(11)5-7-14/h8-9H,2-7,11-12H2,1H3,(H,13,15). The molecule has 15 heavy (non-hydrogen) atoms. The molecule has 0 aliphatic carbocycles. The Morgan fingerprint density at radius 3 is 2.67 bits per heavy atom. The van der Waals surface area contributed by atoms with Gasteiger partial charge in [-0.2, -0.15) is 0 Å². The van der Waals surface area contributed by atoms with E-state index in [-0.39, 0.29) is 5.91 Å². The second-order valence-electron chi connectivity index (χ2n) is 4.33. The van der Waals surface area contributed by atoms with Gasteiger partial charge in [0.2, 0.25) is 5.91 Å². The van der Waals surface area contributed by atoms with Crippen LogP contribution in [0.4, 0.5) is 0 Å². The summed E-state index contributed by atoms with van der Waals surface area (Å²) in [5, 5.41) is 0. The van der Waals surface area contributed by atoms with Crippen LogP contribution in [0.2, 0.25) is 0 Å². The summed E-state index contributed by atoms with van der Waals surface area (Å²) in [5.74, 6) is 4.94. The van der Waals surface area contributed by atoms with Crippen LogP contribution >= 0.6 is 0 Å². The normalized spacial score (nSPS) is 21.3. The van der Waals surface area contributed by atoms with Crippen molar-refractivity contribution in [3.05, 3.63) is 0 Å². The van der Waals surface area contributed by atoms with Gasteiger partial charge in [0, 0.05) is 18.5 Å². The molecule has 0 aromatic carbocycles. The van der Waals surface area contributed by atoms with E-state index in [1.807, 2.05) is 0 Å². The summed E-state index contributed by atoms with van der Waals surface area (Å²) < 4.78 is 0. The number of nitrogens with zero attached hydrogens (tertiary/aromatic N) is 1. The van der Waals surface area contributed by atoms with Crippen molar-refractivity contribution in [2.75, 3.05) is 13.1 Å². The van der Waals surface area contributed by atoms with Gasteiger partial charge >= 0.3 is 0 Å². The maximum absolute atomic E-state index is 11.0. The zero-order valence-electron chi connectivity index (χ0n) is 9.41. The van der Waals surface area contributed by atoms with E-state index in [4.69, 9.17) is 11.6 Å². The van der Waals surface area contributed by atoms with Crippen LogP contribution in [0.25, 0.3) is 0 Å². The molecule has 1 aliphatic heterocycles. The Labute approximate surface area is 91.1 Å². The van der Waals surface area contributed by atoms with Gasteiger partial charge in [-0.05, 0) is 39.3 Å². The Hall–Kier alpha value is -0.650. The van der Waals surface area contributed by atoms with E-state index in [9.17, 15) is 4.79 Å². The van der Waals surface area contributed by atoms with Crippen LogP contribution in [0.5, 0.6) is 0 Å². The maximum atomic E-state index is 11.0. The van der Waals surface area contributed by atoms with E-state index in [1.165, 1.54) is 0 Å². The third kappa shape index (κ3) is 4.15. The highest BCUT2D eigenvalue weighted by Gasteiger charge is 2.20. The summed E-state index contributed by atoms with van der Waals surface area (Å²) in [6.07, 6.45) is 3.49. The molecule has 1 amide bonds. The number of hydrogen-bond acceptors (Lipinski definition) is 4. The molecule has 1 atom stereocenters. The van der Waals surface area contributed by atoms with Crippen molar-refractivity contribution in [1.82, 2.24) is 10.3 Å². The lowest BCUT2D eigenvalue weighted by Crippen LogP contribution is -2.44. The van der Waals surface area contributed by atoms with Crippen molar-refractivity contribution in [3.63, 3.8) is 0 Å². The molecule has 1 saturated heterocycles. The van der Waals surface area contributed by atoms with E-state index < -0.39 is 0 Å². The highest BCUT2D eigenvalue weighted by atomic mass is 16.2. The smallest absolute Gasteiger partial charge is 0.233 e. The molecule has 0 saturated carbocycles. The van der Waals surface area contributed by atoms with E-state index in [2.05, 4.69) is 17.2 Å². The first kappa shape index (κ1) is 12.4. The Morgan fingerprint density at radius 1 is 1.53 bits per heavy atom. The topological polar surface area (TPSA) is 84.4 Å². The van der Waals surface area contributed by atoms with Crippen molar-refractivity contribution in [2.45, 2.75) is 44.7 Å². The fourth-order valence-corrected chi connectivity index (χ4v) is 1.95. The first-order valence-electron chi connectivity index (χ1n) is 5.62. The van der Waals surface area contributed by atoms with E-state index in [0.29, 0.717) is 18.5 Å². The Morgan fingerprint density at radius 2 is 2.13 bits per heavy atom. The number of rotatable bonds is 4. The Kier molecular flexibility index (Phi) is 5.01. The first-order chi connectivity index (χ1) is 7.13. The van der Waals surface area contributed by atoms with Crippen LogP contribution in [0.15, 0.2) is 0 Å². The van der Waals surface area contributed by atoms with Gasteiger partial charge in [-0.3, -0.25) is 10.2 Å². The summed E-state index contributed by atoms with van der Waals surface area (Å²) in [6, 6.07) is 0.801. The van der Waals surface area contributed by atoms with Crippen LogP contribution in [0.3, 0.4) is 0 Å². The summed E-state index contributed by atoms with van der Waals surface area (Å²) >= 11 is 0. The van der Waals surface area contributed by atoms with Crippen LogP contribution in [-0.2, 0) is 4.79 Å². The van der Waals surface area contributed by atoms with Crippen molar-refractivity contribution in [2.24, 2.45) is 11.6 Å². The monoisotopic (exact) mass is 214 g/mol. The molecular formula is C10H22N4O. The number of nitrogens with two attached hydrogens (primary N) is 2. The van der Waals surface area contributed by atoms with Gasteiger partial charge in [0.05, 0.1) is 0 Å². The fourth-order valence-electron chi connectivity index (χ4n) is 1.95. The quantitative estimate of drug-likeness (QED) is 0.337. The summed E-state index contributed by atoms with van der Waals surface area (Å²) in [6.45, 7) is 4.25. The second kappa shape index (κ2) is 6.05. The number of hydrazine groups is 1. The summed E-state index contributed by atoms with van der Waals surface area (Å²) in [4.78, 5) is 13.4. The van der Waals surface area contributed by atoms with Crippen LogP contribution in [0, 0.1) is 0 Å². The van der Waals surface area contributed by atoms with Crippen LogP contribution in [-0.4, -0.2) is 36.0 Å². The van der Waals surface area contributed by atoms with Gasteiger partial charge in [-0.15, -0.1) is 0 Å². The average molecular weight is 214 g/mol. The number of likely N-dealkylation sites (tertiary alicyclic amines) is 1. The van der Waals surface area contributed by atoms with E-state index in [1.54, 1.807) is 0 Å². The highest BCUT2D eigenvalue weighted by molar-refractivity contribution is 5.75. The van der Waals surface area contributed by atoms with E-state index in [0.717, 1.165) is 32.4 Å². The number of amides is 1. The molecule has 5 heteroatoms. The number of carbonyl (C=O) groups excluding carboxylic acids is 1. The molecule has 0 radical (unpaired) electrons. The number of piperidine rings is 1. The van der Waals surface area contributed by atoms with Crippen molar-refractivity contribution >= 4 is 5.91 Å². The minimum atomic E-state index is -0.0874. The zero-order chi connectivity index (χ0) is 11.3. The van der Waals surface area contributed by atoms with Gasteiger partial charge in [0.15, 0.2) is 0 Å². The molecule has 1 aliphatic rings. The molecule has 1 heterocycles. The summed E-state index contributed by atoms with van der Waals surface area (Å²) in [5.41, 5.74) is 7.99. The second-order valence-corrected chi connectivity index (χ2v) is 4.33. The van der Waals surface area contributed by atoms with Crippen molar-refractivity contribution < 1.29 is 4.79 Å². The molecule has 0 spiro atoms. The van der Waals surface area contributed by atoms with Crippen LogP contribution < -0.4 is 17.0 Å². The SMILES string of the molecule is CC(CCC(=O)NN)N1CCC(N)CC1. The molecule has 0 bridgehead atoms. The summed E-state index contributed by atoms with van der Waals surface area (Å²) in [7, 11) is 0. The minimum Gasteiger partial charge on any atom is -0.328 e. The molecule has 5 nitrogen and oxygen atoms in total. The predicted octanol–water partition coefficient (Wildman–Crippen LogP) is -0.432. The Bertz CT molecular complexity index is 202. The molecule has 1 fully saturated rings. The minimum absolute atomic E-state index is 0.0874. The third-order valence-corrected chi connectivity index (χ3v) is 3.15. The molecule has 0 aromatic heterocycles.